The summed E-state index contributed by atoms with van der Waals surface area (Å²) in [4.78, 5) is 0. The van der Waals surface area contributed by atoms with Crippen molar-refractivity contribution in [3.05, 3.63) is 0 Å². The number of aliphatic hydroxyl groups is 1. The van der Waals surface area contributed by atoms with Gasteiger partial charge in [0, 0.05) is 6.61 Å². The Morgan fingerprint density at radius 3 is 2.80 bits per heavy atom. The highest BCUT2D eigenvalue weighted by molar-refractivity contribution is 6.20. The van der Waals surface area contributed by atoms with Gasteiger partial charge in [-0.05, 0) is 6.42 Å². The number of halogens is 1. The van der Waals surface area contributed by atoms with E-state index in [9.17, 15) is 0 Å². The van der Waals surface area contributed by atoms with Crippen molar-refractivity contribution < 1.29 is 9.84 Å². The molecule has 10 heavy (non-hydrogen) atoms. The minimum Gasteiger partial charge on any atom is -0.395 e. The van der Waals surface area contributed by atoms with E-state index in [2.05, 4.69) is 6.92 Å². The molecule has 62 valence electrons. The molecule has 0 aliphatic rings. The van der Waals surface area contributed by atoms with E-state index in [1.807, 2.05) is 0 Å². The SMILES string of the molecule is CCCCOCC(Cl)CO. The van der Waals surface area contributed by atoms with Crippen molar-refractivity contribution >= 4 is 11.6 Å². The number of rotatable bonds is 6. The van der Waals surface area contributed by atoms with Gasteiger partial charge in [0.05, 0.1) is 18.6 Å². The summed E-state index contributed by atoms with van der Waals surface area (Å²) in [6.07, 6.45) is 2.20. The molecule has 0 amide bonds. The average molecular weight is 167 g/mol. The number of unbranched alkanes of at least 4 members (excludes halogenated alkanes) is 1. The zero-order valence-electron chi connectivity index (χ0n) is 6.35. The summed E-state index contributed by atoms with van der Waals surface area (Å²) >= 11 is 5.57. The van der Waals surface area contributed by atoms with Gasteiger partial charge in [-0.1, -0.05) is 13.3 Å². The highest BCUT2D eigenvalue weighted by Crippen LogP contribution is 1.96. The lowest BCUT2D eigenvalue weighted by molar-refractivity contribution is 0.116. The molecule has 0 bridgehead atoms. The lowest BCUT2D eigenvalue weighted by Crippen LogP contribution is -2.13. The zero-order chi connectivity index (χ0) is 7.82. The van der Waals surface area contributed by atoms with Crippen LogP contribution in [0.3, 0.4) is 0 Å². The van der Waals surface area contributed by atoms with E-state index in [1.54, 1.807) is 0 Å². The fourth-order valence-electron chi connectivity index (χ4n) is 0.510. The molecule has 0 aromatic carbocycles. The first-order valence-electron chi connectivity index (χ1n) is 3.64. The maximum absolute atomic E-state index is 8.48. The smallest absolute Gasteiger partial charge is 0.0800 e. The summed E-state index contributed by atoms with van der Waals surface area (Å²) in [5.74, 6) is 0. The second-order valence-electron chi connectivity index (χ2n) is 2.21. The van der Waals surface area contributed by atoms with E-state index in [0.29, 0.717) is 6.61 Å². The Morgan fingerprint density at radius 1 is 1.60 bits per heavy atom. The fraction of sp³-hybridized carbons (Fsp3) is 1.00. The van der Waals surface area contributed by atoms with Crippen molar-refractivity contribution in [3.8, 4) is 0 Å². The first kappa shape index (κ1) is 10.2. The van der Waals surface area contributed by atoms with Crippen LogP contribution in [-0.2, 0) is 4.74 Å². The molecule has 0 rings (SSSR count). The fourth-order valence-corrected chi connectivity index (χ4v) is 0.599. The second kappa shape index (κ2) is 7.32. The molecule has 0 saturated carbocycles. The minimum absolute atomic E-state index is 0.00627. The molecule has 2 nitrogen and oxygen atoms in total. The van der Waals surface area contributed by atoms with E-state index in [1.165, 1.54) is 0 Å². The van der Waals surface area contributed by atoms with Gasteiger partial charge in [0.2, 0.25) is 0 Å². The van der Waals surface area contributed by atoms with Crippen LogP contribution in [0, 0.1) is 0 Å². The van der Waals surface area contributed by atoms with E-state index in [4.69, 9.17) is 21.4 Å². The second-order valence-corrected chi connectivity index (χ2v) is 2.83. The molecule has 3 heteroatoms. The molecule has 0 radical (unpaired) electrons. The normalized spacial score (nSPS) is 13.5. The molecule has 0 aromatic heterocycles. The van der Waals surface area contributed by atoms with E-state index >= 15 is 0 Å². The third-order valence-electron chi connectivity index (χ3n) is 1.14. The van der Waals surface area contributed by atoms with Gasteiger partial charge in [0.1, 0.15) is 0 Å². The minimum atomic E-state index is -0.239. The van der Waals surface area contributed by atoms with Crippen LogP contribution >= 0.6 is 11.6 Å². The van der Waals surface area contributed by atoms with Crippen molar-refractivity contribution in [2.24, 2.45) is 0 Å². The van der Waals surface area contributed by atoms with Gasteiger partial charge in [-0.25, -0.2) is 0 Å². The quantitative estimate of drug-likeness (QED) is 0.478. The monoisotopic (exact) mass is 166 g/mol. The van der Waals surface area contributed by atoms with Gasteiger partial charge in [-0.15, -0.1) is 11.6 Å². The first-order chi connectivity index (χ1) is 4.81. The average Bonchev–Trinajstić information content (AvgIpc) is 1.98. The Morgan fingerprint density at radius 2 is 2.30 bits per heavy atom. The Labute approximate surface area is 67.1 Å². The highest BCUT2D eigenvalue weighted by Gasteiger charge is 2.00. The summed E-state index contributed by atoms with van der Waals surface area (Å²) in [6, 6.07) is 0. The van der Waals surface area contributed by atoms with E-state index < -0.39 is 0 Å². The summed E-state index contributed by atoms with van der Waals surface area (Å²) in [5, 5.41) is 8.24. The van der Waals surface area contributed by atoms with Crippen LogP contribution in [0.25, 0.3) is 0 Å². The van der Waals surface area contributed by atoms with Crippen molar-refractivity contribution in [1.82, 2.24) is 0 Å². The molecule has 0 spiro atoms. The summed E-state index contributed by atoms with van der Waals surface area (Å²) in [6.45, 7) is 3.30. The van der Waals surface area contributed by atoms with E-state index in [-0.39, 0.29) is 12.0 Å². The van der Waals surface area contributed by atoms with Crippen LogP contribution in [0.5, 0.6) is 0 Å². The molecule has 1 N–H and O–H groups in total. The molecular formula is C7H15ClO2. The number of aliphatic hydroxyl groups excluding tert-OH is 1. The van der Waals surface area contributed by atoms with Gasteiger partial charge < -0.3 is 9.84 Å². The van der Waals surface area contributed by atoms with Crippen LogP contribution in [0.15, 0.2) is 0 Å². The molecule has 0 aliphatic carbocycles. The van der Waals surface area contributed by atoms with Crippen LogP contribution < -0.4 is 0 Å². The lowest BCUT2D eigenvalue weighted by atomic mass is 10.4. The number of hydrogen-bond acceptors (Lipinski definition) is 2. The predicted octanol–water partition coefficient (Wildman–Crippen LogP) is 1.40. The molecule has 0 heterocycles. The van der Waals surface area contributed by atoms with Crippen molar-refractivity contribution in [1.29, 1.82) is 0 Å². The number of ether oxygens (including phenoxy) is 1. The third-order valence-corrected chi connectivity index (χ3v) is 1.40. The molecule has 0 saturated heterocycles. The lowest BCUT2D eigenvalue weighted by Gasteiger charge is -2.05. The molecule has 0 fully saturated rings. The molecular weight excluding hydrogens is 152 g/mol. The zero-order valence-corrected chi connectivity index (χ0v) is 7.10. The van der Waals surface area contributed by atoms with Crippen molar-refractivity contribution in [2.45, 2.75) is 25.1 Å². The largest absolute Gasteiger partial charge is 0.395 e. The predicted molar refractivity (Wildman–Crippen MR) is 42.5 cm³/mol. The van der Waals surface area contributed by atoms with Crippen LogP contribution in [0.1, 0.15) is 19.8 Å². The first-order valence-corrected chi connectivity index (χ1v) is 4.07. The maximum Gasteiger partial charge on any atom is 0.0800 e. The van der Waals surface area contributed by atoms with Crippen LogP contribution in [-0.4, -0.2) is 30.3 Å². The van der Waals surface area contributed by atoms with Crippen LogP contribution in [0.4, 0.5) is 0 Å². The van der Waals surface area contributed by atoms with Gasteiger partial charge in [-0.3, -0.25) is 0 Å². The van der Waals surface area contributed by atoms with Crippen molar-refractivity contribution in [3.63, 3.8) is 0 Å². The van der Waals surface area contributed by atoms with Crippen molar-refractivity contribution in [2.75, 3.05) is 19.8 Å². The highest BCUT2D eigenvalue weighted by atomic mass is 35.5. The van der Waals surface area contributed by atoms with Gasteiger partial charge in [0.15, 0.2) is 0 Å². The number of hydrogen-bond donors (Lipinski definition) is 1. The van der Waals surface area contributed by atoms with Gasteiger partial charge in [0.25, 0.3) is 0 Å². The van der Waals surface area contributed by atoms with Crippen LogP contribution in [0.2, 0.25) is 0 Å². The standard InChI is InChI=1S/C7H15ClO2/c1-2-3-4-10-6-7(8)5-9/h7,9H,2-6H2,1H3. The Bertz CT molecular complexity index is 68.6. The Kier molecular flexibility index (Phi) is 7.47. The van der Waals surface area contributed by atoms with Gasteiger partial charge in [-0.2, -0.15) is 0 Å². The third kappa shape index (κ3) is 6.33. The molecule has 1 atom stereocenters. The maximum atomic E-state index is 8.48. The van der Waals surface area contributed by atoms with Gasteiger partial charge >= 0.3 is 0 Å². The number of alkyl halides is 1. The Hall–Kier alpha value is 0.210. The van der Waals surface area contributed by atoms with E-state index in [0.717, 1.165) is 19.4 Å². The molecule has 0 aliphatic heterocycles. The summed E-state index contributed by atoms with van der Waals surface area (Å²) < 4.78 is 5.13. The summed E-state index contributed by atoms with van der Waals surface area (Å²) in [5.41, 5.74) is 0. The Balaban J connectivity index is 2.89. The topological polar surface area (TPSA) is 29.5 Å². The summed E-state index contributed by atoms with van der Waals surface area (Å²) in [7, 11) is 0. The molecule has 0 aromatic rings. The molecule has 1 unspecified atom stereocenters.